The number of halogens is 2. The second-order valence-corrected chi connectivity index (χ2v) is 6.43. The summed E-state index contributed by atoms with van der Waals surface area (Å²) in [6.45, 7) is 2.82. The van der Waals surface area contributed by atoms with Crippen LogP contribution in [0.1, 0.15) is 17.2 Å². The molecule has 2 aromatic rings. The molecule has 24 heavy (non-hydrogen) atoms. The van der Waals surface area contributed by atoms with Crippen LogP contribution in [0.4, 0.5) is 0 Å². The average Bonchev–Trinajstić information content (AvgIpc) is 2.90. The maximum atomic E-state index is 11.7. The van der Waals surface area contributed by atoms with Crippen molar-refractivity contribution < 1.29 is 14.6 Å². The number of rotatable bonds is 4. The summed E-state index contributed by atoms with van der Waals surface area (Å²) < 4.78 is 6.96. The van der Waals surface area contributed by atoms with Gasteiger partial charge in [0.05, 0.1) is 25.2 Å². The van der Waals surface area contributed by atoms with Gasteiger partial charge < -0.3 is 14.4 Å². The average molecular weight is 371 g/mol. The molecule has 0 saturated carbocycles. The molecule has 1 aliphatic rings. The van der Waals surface area contributed by atoms with Crippen molar-refractivity contribution in [3.8, 4) is 5.75 Å². The fourth-order valence-electron chi connectivity index (χ4n) is 2.83. The van der Waals surface area contributed by atoms with Gasteiger partial charge in [-0.25, -0.2) is 0 Å². The molecule has 1 N–H and O–H groups in total. The zero-order valence-corrected chi connectivity index (χ0v) is 14.7. The molecule has 0 aliphatic carbocycles. The van der Waals surface area contributed by atoms with E-state index in [-0.39, 0.29) is 0 Å². The number of carbonyl (C=O) groups is 1. The summed E-state index contributed by atoms with van der Waals surface area (Å²) in [6, 6.07) is 2.64. The summed E-state index contributed by atoms with van der Waals surface area (Å²) in [5.41, 5.74) is 0.735. The Hall–Kier alpha value is -1.83. The standard InChI is InChI=1S/C15H16Cl2N4O3/c1-8-18-19-14-7-20(12(15(22)23)6-21(8)14)5-9-3-11(17)13(24-2)4-10(9)16/h3-4,12H,5-7H2,1-2H3,(H,22,23). The molecule has 7 nitrogen and oxygen atoms in total. The molecule has 1 aromatic carbocycles. The largest absolute Gasteiger partial charge is 0.495 e. The van der Waals surface area contributed by atoms with Crippen LogP contribution in [0.3, 0.4) is 0 Å². The van der Waals surface area contributed by atoms with Crippen LogP contribution >= 0.6 is 23.2 Å². The summed E-state index contributed by atoms with van der Waals surface area (Å²) in [6.07, 6.45) is 0. The van der Waals surface area contributed by atoms with E-state index in [1.807, 2.05) is 11.5 Å². The minimum absolute atomic E-state index is 0.297. The van der Waals surface area contributed by atoms with Crippen molar-refractivity contribution in [2.45, 2.75) is 32.6 Å². The van der Waals surface area contributed by atoms with Crippen LogP contribution in [0.2, 0.25) is 10.0 Å². The molecule has 0 saturated heterocycles. The Morgan fingerprint density at radius 1 is 1.38 bits per heavy atom. The minimum atomic E-state index is -0.899. The summed E-state index contributed by atoms with van der Waals surface area (Å²) in [5, 5.41) is 18.6. The molecule has 0 radical (unpaired) electrons. The highest BCUT2D eigenvalue weighted by atomic mass is 35.5. The van der Waals surface area contributed by atoms with Crippen LogP contribution in [0.25, 0.3) is 0 Å². The van der Waals surface area contributed by atoms with Crippen LogP contribution in [-0.2, 0) is 24.4 Å². The van der Waals surface area contributed by atoms with Crippen LogP contribution in [0, 0.1) is 6.92 Å². The van der Waals surface area contributed by atoms with Gasteiger partial charge in [-0.3, -0.25) is 9.69 Å². The predicted molar refractivity (Wildman–Crippen MR) is 88.4 cm³/mol. The molecule has 128 valence electrons. The lowest BCUT2D eigenvalue weighted by Crippen LogP contribution is -2.47. The van der Waals surface area contributed by atoms with Crippen molar-refractivity contribution in [2.24, 2.45) is 0 Å². The Morgan fingerprint density at radius 3 is 2.79 bits per heavy atom. The Balaban J connectivity index is 1.91. The SMILES string of the molecule is COc1cc(Cl)c(CN2Cc3nnc(C)n3CC2C(=O)O)cc1Cl. The lowest BCUT2D eigenvalue weighted by Gasteiger charge is -2.33. The second-order valence-electron chi connectivity index (χ2n) is 5.61. The van der Waals surface area contributed by atoms with E-state index in [1.165, 1.54) is 7.11 Å². The van der Waals surface area contributed by atoms with E-state index >= 15 is 0 Å². The molecule has 9 heteroatoms. The Kier molecular flexibility index (Phi) is 4.67. The quantitative estimate of drug-likeness (QED) is 0.889. The number of methoxy groups -OCH3 is 1. The predicted octanol–water partition coefficient (Wildman–Crippen LogP) is 2.37. The smallest absolute Gasteiger partial charge is 0.322 e. The lowest BCUT2D eigenvalue weighted by atomic mass is 10.1. The topological polar surface area (TPSA) is 80.5 Å². The number of carboxylic acids is 1. The van der Waals surface area contributed by atoms with E-state index in [4.69, 9.17) is 27.9 Å². The first kappa shape index (κ1) is 17.0. The van der Waals surface area contributed by atoms with Gasteiger partial charge in [-0.1, -0.05) is 23.2 Å². The molecule has 2 heterocycles. The monoisotopic (exact) mass is 370 g/mol. The molecule has 3 rings (SSSR count). The summed E-state index contributed by atoms with van der Waals surface area (Å²) in [4.78, 5) is 13.5. The molecule has 1 aromatic heterocycles. The number of aliphatic carboxylic acids is 1. The first-order valence-electron chi connectivity index (χ1n) is 7.28. The van der Waals surface area contributed by atoms with Crippen LogP contribution in [-0.4, -0.2) is 43.9 Å². The third kappa shape index (κ3) is 3.07. The van der Waals surface area contributed by atoms with Gasteiger partial charge in [0.15, 0.2) is 0 Å². The summed E-state index contributed by atoms with van der Waals surface area (Å²) in [7, 11) is 1.51. The Bertz CT molecular complexity index is 793. The molecular formula is C15H16Cl2N4O3. The van der Waals surface area contributed by atoms with Crippen molar-refractivity contribution in [3.63, 3.8) is 0 Å². The van der Waals surface area contributed by atoms with Gasteiger partial charge in [0.1, 0.15) is 23.4 Å². The minimum Gasteiger partial charge on any atom is -0.495 e. The first-order valence-corrected chi connectivity index (χ1v) is 8.03. The van der Waals surface area contributed by atoms with Crippen molar-refractivity contribution in [3.05, 3.63) is 39.4 Å². The van der Waals surface area contributed by atoms with Gasteiger partial charge in [-0.05, 0) is 18.6 Å². The van der Waals surface area contributed by atoms with Crippen LogP contribution in [0.15, 0.2) is 12.1 Å². The molecule has 0 fully saturated rings. The van der Waals surface area contributed by atoms with Crippen molar-refractivity contribution in [1.82, 2.24) is 19.7 Å². The number of benzene rings is 1. The van der Waals surface area contributed by atoms with Gasteiger partial charge in [-0.2, -0.15) is 0 Å². The zero-order valence-electron chi connectivity index (χ0n) is 13.2. The molecule has 1 atom stereocenters. The van der Waals surface area contributed by atoms with E-state index in [2.05, 4.69) is 10.2 Å². The van der Waals surface area contributed by atoms with Gasteiger partial charge in [-0.15, -0.1) is 10.2 Å². The molecule has 1 aliphatic heterocycles. The van der Waals surface area contributed by atoms with Crippen molar-refractivity contribution in [2.75, 3.05) is 7.11 Å². The summed E-state index contributed by atoms with van der Waals surface area (Å²) >= 11 is 12.4. The van der Waals surface area contributed by atoms with Crippen molar-refractivity contribution in [1.29, 1.82) is 0 Å². The maximum Gasteiger partial charge on any atom is 0.322 e. The molecule has 0 spiro atoms. The number of nitrogens with zero attached hydrogens (tertiary/aromatic N) is 4. The lowest BCUT2D eigenvalue weighted by molar-refractivity contribution is -0.145. The number of aromatic nitrogens is 3. The van der Waals surface area contributed by atoms with E-state index in [9.17, 15) is 9.90 Å². The number of hydrogen-bond acceptors (Lipinski definition) is 5. The third-order valence-corrected chi connectivity index (χ3v) is 4.78. The van der Waals surface area contributed by atoms with E-state index in [0.717, 1.165) is 11.4 Å². The third-order valence-electron chi connectivity index (χ3n) is 4.13. The normalized spacial score (nSPS) is 17.6. The van der Waals surface area contributed by atoms with Crippen LogP contribution < -0.4 is 4.74 Å². The number of aryl methyl sites for hydroxylation is 1. The maximum absolute atomic E-state index is 11.7. The number of fused-ring (bicyclic) bond motifs is 1. The molecule has 0 bridgehead atoms. The highest BCUT2D eigenvalue weighted by molar-refractivity contribution is 6.34. The fraction of sp³-hybridized carbons (Fsp3) is 0.400. The zero-order chi connectivity index (χ0) is 17.4. The number of hydrogen-bond donors (Lipinski definition) is 1. The van der Waals surface area contributed by atoms with E-state index < -0.39 is 12.0 Å². The van der Waals surface area contributed by atoms with E-state index in [0.29, 0.717) is 41.3 Å². The molecule has 1 unspecified atom stereocenters. The van der Waals surface area contributed by atoms with E-state index in [1.54, 1.807) is 17.0 Å². The first-order chi connectivity index (χ1) is 11.4. The molecule has 0 amide bonds. The highest BCUT2D eigenvalue weighted by Crippen LogP contribution is 2.32. The van der Waals surface area contributed by atoms with Gasteiger partial charge in [0.2, 0.25) is 0 Å². The van der Waals surface area contributed by atoms with Crippen molar-refractivity contribution >= 4 is 29.2 Å². The number of carboxylic acid groups (broad SMARTS) is 1. The Labute approximate surface area is 148 Å². The number of ether oxygens (including phenoxy) is 1. The Morgan fingerprint density at radius 2 is 2.12 bits per heavy atom. The van der Waals surface area contributed by atoms with Crippen LogP contribution in [0.5, 0.6) is 5.75 Å². The highest BCUT2D eigenvalue weighted by Gasteiger charge is 2.33. The second kappa shape index (κ2) is 6.58. The molecular weight excluding hydrogens is 355 g/mol. The fourth-order valence-corrected chi connectivity index (χ4v) is 3.30. The summed E-state index contributed by atoms with van der Waals surface area (Å²) in [5.74, 6) is 1.03. The van der Waals surface area contributed by atoms with Gasteiger partial charge in [0, 0.05) is 17.6 Å². The van der Waals surface area contributed by atoms with Gasteiger partial charge in [0.25, 0.3) is 0 Å². The van der Waals surface area contributed by atoms with Gasteiger partial charge >= 0.3 is 5.97 Å².